The van der Waals surface area contributed by atoms with Gasteiger partial charge in [-0.15, -0.1) is 0 Å². The maximum absolute atomic E-state index is 15.1. The van der Waals surface area contributed by atoms with Crippen molar-refractivity contribution in [1.29, 1.82) is 0 Å². The molecule has 0 saturated carbocycles. The third-order valence-corrected chi connectivity index (χ3v) is 6.60. The van der Waals surface area contributed by atoms with Crippen molar-refractivity contribution in [3.05, 3.63) is 52.1 Å². The van der Waals surface area contributed by atoms with E-state index in [1.54, 1.807) is 6.07 Å². The second-order valence-electron chi connectivity index (χ2n) is 8.97. The predicted molar refractivity (Wildman–Crippen MR) is 116 cm³/mol. The third-order valence-electron chi connectivity index (χ3n) is 6.27. The number of hydrogen-bond acceptors (Lipinski definition) is 4. The van der Waals surface area contributed by atoms with Crippen LogP contribution in [0, 0.1) is 12.7 Å². The lowest BCUT2D eigenvalue weighted by atomic mass is 9.78. The number of hydrogen-bond donors (Lipinski definition) is 0. The van der Waals surface area contributed by atoms with Crippen molar-refractivity contribution >= 4 is 35.8 Å². The van der Waals surface area contributed by atoms with Crippen LogP contribution in [0.1, 0.15) is 44.5 Å². The molecule has 1 aromatic heterocycles. The lowest BCUT2D eigenvalue weighted by Crippen LogP contribution is -2.41. The smallest absolute Gasteiger partial charge is 0.399 e. The monoisotopic (exact) mass is 430 g/mol. The van der Waals surface area contributed by atoms with Crippen LogP contribution in [0.3, 0.4) is 0 Å². The molecule has 1 fully saturated rings. The molecule has 0 atom stereocenters. The van der Waals surface area contributed by atoms with E-state index >= 15 is 4.39 Å². The molecule has 3 heterocycles. The van der Waals surface area contributed by atoms with Gasteiger partial charge in [-0.1, -0.05) is 23.7 Å². The number of amides is 1. The predicted octanol–water partition coefficient (Wildman–Crippen LogP) is 3.61. The summed E-state index contributed by atoms with van der Waals surface area (Å²) in [5.41, 5.74) is 2.15. The number of rotatable bonds is 3. The van der Waals surface area contributed by atoms with Gasteiger partial charge in [0.05, 0.1) is 23.3 Å². The molecule has 2 aromatic rings. The summed E-state index contributed by atoms with van der Waals surface area (Å²) in [5, 5.41) is 0.305. The van der Waals surface area contributed by atoms with Gasteiger partial charge in [0, 0.05) is 12.2 Å². The first-order valence-corrected chi connectivity index (χ1v) is 10.5. The minimum absolute atomic E-state index is 0.0734. The van der Waals surface area contributed by atoms with Gasteiger partial charge in [-0.05, 0) is 69.8 Å². The summed E-state index contributed by atoms with van der Waals surface area (Å²) in [4.78, 5) is 18.6. The minimum Gasteiger partial charge on any atom is -0.399 e. The molecule has 0 radical (unpaired) electrons. The number of aromatic nitrogens is 1. The van der Waals surface area contributed by atoms with Gasteiger partial charge in [0.2, 0.25) is 5.91 Å². The molecule has 0 N–H and O–H groups in total. The Kier molecular flexibility index (Phi) is 5.20. The van der Waals surface area contributed by atoms with Crippen molar-refractivity contribution in [2.45, 2.75) is 58.7 Å². The highest BCUT2D eigenvalue weighted by molar-refractivity contribution is 6.62. The molecule has 0 aliphatic carbocycles. The molecule has 5 nitrogen and oxygen atoms in total. The molecule has 2 aliphatic heterocycles. The molecule has 0 spiro atoms. The normalized spacial score (nSPS) is 19.3. The van der Waals surface area contributed by atoms with Crippen LogP contribution in [0.15, 0.2) is 24.3 Å². The van der Waals surface area contributed by atoms with Crippen molar-refractivity contribution in [3.8, 4) is 0 Å². The number of nitrogens with zero attached hydrogens (tertiary/aromatic N) is 2. The summed E-state index contributed by atoms with van der Waals surface area (Å²) in [6.07, 6.45) is 0.648. The highest BCUT2D eigenvalue weighted by Crippen LogP contribution is 2.37. The summed E-state index contributed by atoms with van der Waals surface area (Å²) >= 11 is 6.17. The van der Waals surface area contributed by atoms with Gasteiger partial charge in [-0.25, -0.2) is 9.37 Å². The topological polar surface area (TPSA) is 51.7 Å². The van der Waals surface area contributed by atoms with E-state index in [1.807, 2.05) is 46.8 Å². The molecule has 0 unspecified atom stereocenters. The molecule has 0 bridgehead atoms. The number of pyridine rings is 1. The number of fused-ring (bicyclic) bond motifs is 1. The van der Waals surface area contributed by atoms with E-state index in [0.717, 1.165) is 11.3 Å². The number of benzene rings is 1. The number of halogens is 2. The first kappa shape index (κ1) is 21.3. The number of carbonyl (C=O) groups excluding carboxylic acids is 1. The standard InChI is InChI=1S/C22H25BClFN2O3/c1-13-6-7-15(20(24)26-13)11-18(28)27-9-8-14-10-16(12-17(25)19(14)27)23-29-21(2,3)22(4,5)30-23/h6-7,10,12H,8-9,11H2,1-5H3. The lowest BCUT2D eigenvalue weighted by Gasteiger charge is -2.32. The molecule has 8 heteroatoms. The van der Waals surface area contributed by atoms with Crippen LogP contribution in [-0.2, 0) is 26.9 Å². The Labute approximate surface area is 181 Å². The maximum Gasteiger partial charge on any atom is 0.494 e. The zero-order valence-electron chi connectivity index (χ0n) is 17.9. The molecule has 1 aromatic carbocycles. The summed E-state index contributed by atoms with van der Waals surface area (Å²) < 4.78 is 27.2. The van der Waals surface area contributed by atoms with Crippen LogP contribution >= 0.6 is 11.6 Å². The highest BCUT2D eigenvalue weighted by Gasteiger charge is 2.52. The van der Waals surface area contributed by atoms with Gasteiger partial charge in [0.25, 0.3) is 0 Å². The van der Waals surface area contributed by atoms with Crippen LogP contribution in [0.5, 0.6) is 0 Å². The van der Waals surface area contributed by atoms with Crippen LogP contribution in [0.2, 0.25) is 5.15 Å². The summed E-state index contributed by atoms with van der Waals surface area (Å²) in [7, 11) is -0.642. The average Bonchev–Trinajstić information content (AvgIpc) is 3.16. The third kappa shape index (κ3) is 3.63. The zero-order valence-corrected chi connectivity index (χ0v) is 18.6. The van der Waals surface area contributed by atoms with Crippen molar-refractivity contribution in [1.82, 2.24) is 4.98 Å². The number of anilines is 1. The summed E-state index contributed by atoms with van der Waals surface area (Å²) in [6.45, 7) is 10.1. The molecular formula is C22H25BClFN2O3. The van der Waals surface area contributed by atoms with Gasteiger partial charge in [0.15, 0.2) is 0 Å². The fourth-order valence-corrected chi connectivity index (χ4v) is 4.09. The van der Waals surface area contributed by atoms with Crippen LogP contribution < -0.4 is 10.4 Å². The van der Waals surface area contributed by atoms with E-state index in [1.165, 1.54) is 11.0 Å². The Morgan fingerprint density at radius 2 is 1.90 bits per heavy atom. The summed E-state index contributed by atoms with van der Waals surface area (Å²) in [5.74, 6) is -0.653. The van der Waals surface area contributed by atoms with E-state index < -0.39 is 24.1 Å². The first-order valence-electron chi connectivity index (χ1n) is 10.1. The minimum atomic E-state index is -0.642. The number of carbonyl (C=O) groups is 1. The molecule has 30 heavy (non-hydrogen) atoms. The van der Waals surface area contributed by atoms with Crippen molar-refractivity contribution in [2.24, 2.45) is 0 Å². The van der Waals surface area contributed by atoms with E-state index in [9.17, 15) is 4.79 Å². The zero-order chi connectivity index (χ0) is 21.8. The van der Waals surface area contributed by atoms with Crippen molar-refractivity contribution < 1.29 is 18.5 Å². The van der Waals surface area contributed by atoms with Gasteiger partial charge in [-0.2, -0.15) is 0 Å². The maximum atomic E-state index is 15.1. The van der Waals surface area contributed by atoms with E-state index in [2.05, 4.69) is 4.98 Å². The SMILES string of the molecule is Cc1ccc(CC(=O)N2CCc3cc(B4OC(C)(C)C(C)(C)O4)cc(F)c32)c(Cl)n1. The van der Waals surface area contributed by atoms with Crippen molar-refractivity contribution in [2.75, 3.05) is 11.4 Å². The Morgan fingerprint density at radius 1 is 1.23 bits per heavy atom. The Bertz CT molecular complexity index is 1010. The molecule has 2 aliphatic rings. The fraction of sp³-hybridized carbons (Fsp3) is 0.455. The van der Waals surface area contributed by atoms with E-state index in [-0.39, 0.29) is 12.3 Å². The van der Waals surface area contributed by atoms with Gasteiger partial charge >= 0.3 is 7.12 Å². The Morgan fingerprint density at radius 3 is 2.53 bits per heavy atom. The second kappa shape index (κ2) is 7.33. The fourth-order valence-electron chi connectivity index (χ4n) is 3.82. The van der Waals surface area contributed by atoms with E-state index in [4.69, 9.17) is 20.9 Å². The quantitative estimate of drug-likeness (QED) is 0.551. The average molecular weight is 431 g/mol. The van der Waals surface area contributed by atoms with Gasteiger partial charge in [-0.3, -0.25) is 4.79 Å². The van der Waals surface area contributed by atoms with Crippen LogP contribution in [-0.4, -0.2) is 35.8 Å². The van der Waals surface area contributed by atoms with E-state index in [0.29, 0.717) is 34.8 Å². The van der Waals surface area contributed by atoms with Crippen molar-refractivity contribution in [3.63, 3.8) is 0 Å². The molecule has 4 rings (SSSR count). The van der Waals surface area contributed by atoms with Gasteiger partial charge in [0.1, 0.15) is 11.0 Å². The largest absolute Gasteiger partial charge is 0.494 e. The molecule has 158 valence electrons. The molecule has 1 saturated heterocycles. The lowest BCUT2D eigenvalue weighted by molar-refractivity contribution is -0.117. The number of aryl methyl sites for hydroxylation is 1. The second-order valence-corrected chi connectivity index (χ2v) is 9.33. The van der Waals surface area contributed by atoms with Crippen LogP contribution in [0.4, 0.5) is 10.1 Å². The molecular weight excluding hydrogens is 406 g/mol. The molecule has 1 amide bonds. The first-order chi connectivity index (χ1) is 14.0. The summed E-state index contributed by atoms with van der Waals surface area (Å²) in [6, 6.07) is 6.89. The van der Waals surface area contributed by atoms with Crippen LogP contribution in [0.25, 0.3) is 0 Å². The highest BCUT2D eigenvalue weighted by atomic mass is 35.5. The Balaban J connectivity index is 1.58. The Hall–Kier alpha value is -1.96. The van der Waals surface area contributed by atoms with Gasteiger partial charge < -0.3 is 14.2 Å².